The summed E-state index contributed by atoms with van der Waals surface area (Å²) in [5.41, 5.74) is 2.70. The van der Waals surface area contributed by atoms with Crippen molar-refractivity contribution in [3.05, 3.63) is 59.1 Å². The SMILES string of the molecule is COc1c(C=O)cc(CC#N)c2cc(CC3C=CC(F)=CC3C)cnc12. The number of hydrogen-bond donors (Lipinski definition) is 0. The summed E-state index contributed by atoms with van der Waals surface area (Å²) in [5.74, 6) is 0.498. The molecule has 1 aliphatic rings. The van der Waals surface area contributed by atoms with Gasteiger partial charge in [0.2, 0.25) is 0 Å². The third kappa shape index (κ3) is 3.36. The molecule has 0 radical (unpaired) electrons. The van der Waals surface area contributed by atoms with Gasteiger partial charge in [0.25, 0.3) is 0 Å². The van der Waals surface area contributed by atoms with Crippen molar-refractivity contribution in [2.45, 2.75) is 19.8 Å². The minimum absolute atomic E-state index is 0.0984. The molecule has 0 amide bonds. The number of carbonyl (C=O) groups excluding carboxylic acids is 1. The molecule has 0 saturated heterocycles. The van der Waals surface area contributed by atoms with E-state index in [0.717, 1.165) is 16.5 Å². The molecular formula is C21H19FN2O2. The first-order valence-electron chi connectivity index (χ1n) is 8.43. The van der Waals surface area contributed by atoms with Crippen molar-refractivity contribution in [3.63, 3.8) is 0 Å². The maximum Gasteiger partial charge on any atom is 0.155 e. The van der Waals surface area contributed by atoms with E-state index in [0.29, 0.717) is 29.5 Å². The van der Waals surface area contributed by atoms with Crippen molar-refractivity contribution < 1.29 is 13.9 Å². The number of pyridine rings is 1. The Labute approximate surface area is 151 Å². The second kappa shape index (κ2) is 7.49. The number of nitriles is 1. The molecule has 0 aliphatic heterocycles. The van der Waals surface area contributed by atoms with E-state index in [1.807, 2.05) is 19.1 Å². The highest BCUT2D eigenvalue weighted by Crippen LogP contribution is 2.33. The lowest BCUT2D eigenvalue weighted by Crippen LogP contribution is -2.13. The van der Waals surface area contributed by atoms with Crippen LogP contribution in [0.3, 0.4) is 0 Å². The first kappa shape index (κ1) is 17.8. The first-order valence-corrected chi connectivity index (χ1v) is 8.43. The predicted octanol–water partition coefficient (Wildman–Crippen LogP) is 4.34. The van der Waals surface area contributed by atoms with Crippen LogP contribution in [0, 0.1) is 23.2 Å². The van der Waals surface area contributed by atoms with Gasteiger partial charge in [0, 0.05) is 11.6 Å². The Morgan fingerprint density at radius 3 is 2.88 bits per heavy atom. The van der Waals surface area contributed by atoms with Gasteiger partial charge in [-0.25, -0.2) is 4.39 Å². The zero-order valence-electron chi connectivity index (χ0n) is 14.7. The van der Waals surface area contributed by atoms with Gasteiger partial charge < -0.3 is 4.74 Å². The van der Waals surface area contributed by atoms with Gasteiger partial charge in [0.1, 0.15) is 11.3 Å². The predicted molar refractivity (Wildman–Crippen MR) is 97.7 cm³/mol. The van der Waals surface area contributed by atoms with Gasteiger partial charge in [-0.05, 0) is 53.7 Å². The van der Waals surface area contributed by atoms with Crippen molar-refractivity contribution in [2.24, 2.45) is 11.8 Å². The lowest BCUT2D eigenvalue weighted by molar-refractivity contribution is 0.112. The normalized spacial score (nSPS) is 19.1. The second-order valence-corrected chi connectivity index (χ2v) is 6.49. The van der Waals surface area contributed by atoms with E-state index >= 15 is 0 Å². The van der Waals surface area contributed by atoms with Crippen LogP contribution in [0.25, 0.3) is 10.9 Å². The summed E-state index contributed by atoms with van der Waals surface area (Å²) in [7, 11) is 1.50. The average molecular weight is 350 g/mol. The largest absolute Gasteiger partial charge is 0.494 e. The lowest BCUT2D eigenvalue weighted by Gasteiger charge is -2.21. The molecule has 0 bridgehead atoms. The summed E-state index contributed by atoms with van der Waals surface area (Å²) < 4.78 is 18.7. The van der Waals surface area contributed by atoms with E-state index in [9.17, 15) is 9.18 Å². The van der Waals surface area contributed by atoms with E-state index in [4.69, 9.17) is 10.00 Å². The molecule has 1 aromatic carbocycles. The van der Waals surface area contributed by atoms with Crippen LogP contribution in [0.15, 0.2) is 42.4 Å². The first-order chi connectivity index (χ1) is 12.6. The molecule has 5 heteroatoms. The molecule has 26 heavy (non-hydrogen) atoms. The summed E-state index contributed by atoms with van der Waals surface area (Å²) in [5, 5.41) is 9.92. The maximum atomic E-state index is 13.3. The summed E-state index contributed by atoms with van der Waals surface area (Å²) in [6.07, 6.45) is 8.37. The van der Waals surface area contributed by atoms with Crippen LogP contribution < -0.4 is 4.74 Å². The number of hydrogen-bond acceptors (Lipinski definition) is 4. The molecule has 0 saturated carbocycles. The van der Waals surface area contributed by atoms with E-state index in [2.05, 4.69) is 11.1 Å². The van der Waals surface area contributed by atoms with Crippen molar-refractivity contribution in [1.82, 2.24) is 4.98 Å². The van der Waals surface area contributed by atoms with Crippen LogP contribution in [0.1, 0.15) is 28.4 Å². The molecule has 4 nitrogen and oxygen atoms in total. The number of rotatable bonds is 5. The second-order valence-electron chi connectivity index (χ2n) is 6.49. The third-order valence-electron chi connectivity index (χ3n) is 4.77. The number of allylic oxidation sites excluding steroid dienone is 4. The van der Waals surface area contributed by atoms with Gasteiger partial charge in [-0.2, -0.15) is 5.26 Å². The van der Waals surface area contributed by atoms with Gasteiger partial charge in [-0.3, -0.25) is 9.78 Å². The van der Waals surface area contributed by atoms with Gasteiger partial charge in [0.15, 0.2) is 12.0 Å². The molecule has 2 aromatic rings. The number of aldehydes is 1. The maximum absolute atomic E-state index is 13.3. The fraction of sp³-hybridized carbons (Fsp3) is 0.286. The minimum Gasteiger partial charge on any atom is -0.494 e. The number of fused-ring (bicyclic) bond motifs is 1. The van der Waals surface area contributed by atoms with Crippen LogP contribution in [-0.2, 0) is 12.8 Å². The van der Waals surface area contributed by atoms with Gasteiger partial charge in [-0.1, -0.05) is 13.0 Å². The summed E-state index contributed by atoms with van der Waals surface area (Å²) in [6.45, 7) is 1.99. The molecule has 0 N–H and O–H groups in total. The Balaban J connectivity index is 2.05. The van der Waals surface area contributed by atoms with Crippen molar-refractivity contribution in [2.75, 3.05) is 7.11 Å². The number of benzene rings is 1. The topological polar surface area (TPSA) is 63.0 Å². The molecule has 132 valence electrons. The number of methoxy groups -OCH3 is 1. The molecule has 1 aliphatic carbocycles. The summed E-state index contributed by atoms with van der Waals surface area (Å²) in [4.78, 5) is 15.8. The third-order valence-corrected chi connectivity index (χ3v) is 4.77. The fourth-order valence-electron chi connectivity index (χ4n) is 3.39. The monoisotopic (exact) mass is 350 g/mol. The Morgan fingerprint density at radius 2 is 2.23 bits per heavy atom. The average Bonchev–Trinajstić information content (AvgIpc) is 2.64. The highest BCUT2D eigenvalue weighted by molar-refractivity contribution is 5.96. The van der Waals surface area contributed by atoms with Crippen LogP contribution in [0.2, 0.25) is 0 Å². The Bertz CT molecular complexity index is 957. The van der Waals surface area contributed by atoms with Crippen LogP contribution in [-0.4, -0.2) is 18.4 Å². The van der Waals surface area contributed by atoms with E-state index in [1.54, 1.807) is 18.3 Å². The minimum atomic E-state index is -0.201. The molecular weight excluding hydrogens is 331 g/mol. The smallest absolute Gasteiger partial charge is 0.155 e. The molecule has 1 aromatic heterocycles. The van der Waals surface area contributed by atoms with Crippen molar-refractivity contribution in [1.29, 1.82) is 5.26 Å². The standard InChI is InChI=1S/C21H19FN2O2/c1-13-7-18(22)4-3-15(13)8-14-9-19-16(5-6-23)10-17(12-25)21(26-2)20(19)24-11-14/h3-4,7,9-13,15H,5,8H2,1-2H3. The lowest BCUT2D eigenvalue weighted by atomic mass is 9.85. The number of aromatic nitrogens is 1. The summed E-state index contributed by atoms with van der Waals surface area (Å²) in [6, 6.07) is 5.80. The van der Waals surface area contributed by atoms with E-state index in [-0.39, 0.29) is 24.1 Å². The van der Waals surface area contributed by atoms with E-state index < -0.39 is 0 Å². The molecule has 0 fully saturated rings. The summed E-state index contributed by atoms with van der Waals surface area (Å²) >= 11 is 0. The van der Waals surface area contributed by atoms with Crippen LogP contribution in [0.4, 0.5) is 4.39 Å². The number of halogens is 1. The quantitative estimate of drug-likeness (QED) is 0.753. The molecule has 2 unspecified atom stereocenters. The molecule has 3 rings (SSSR count). The number of ether oxygens (including phenoxy) is 1. The number of carbonyl (C=O) groups is 1. The zero-order valence-corrected chi connectivity index (χ0v) is 14.7. The zero-order chi connectivity index (χ0) is 18.7. The van der Waals surface area contributed by atoms with Crippen molar-refractivity contribution in [3.8, 4) is 11.8 Å². The van der Waals surface area contributed by atoms with Crippen LogP contribution >= 0.6 is 0 Å². The van der Waals surface area contributed by atoms with Crippen LogP contribution in [0.5, 0.6) is 5.75 Å². The Kier molecular flexibility index (Phi) is 5.13. The highest BCUT2D eigenvalue weighted by Gasteiger charge is 2.19. The number of nitrogens with zero attached hydrogens (tertiary/aromatic N) is 2. The van der Waals surface area contributed by atoms with Gasteiger partial charge >= 0.3 is 0 Å². The Morgan fingerprint density at radius 1 is 1.42 bits per heavy atom. The van der Waals surface area contributed by atoms with Crippen molar-refractivity contribution >= 4 is 17.2 Å². The molecule has 1 heterocycles. The van der Waals surface area contributed by atoms with Gasteiger partial charge in [0.05, 0.1) is 25.2 Å². The fourth-order valence-corrected chi connectivity index (χ4v) is 3.39. The Hall–Kier alpha value is -3.00. The highest BCUT2D eigenvalue weighted by atomic mass is 19.1. The molecule has 0 spiro atoms. The van der Waals surface area contributed by atoms with Gasteiger partial charge in [-0.15, -0.1) is 0 Å². The van der Waals surface area contributed by atoms with E-state index in [1.165, 1.54) is 13.2 Å². The molecule has 2 atom stereocenters.